The summed E-state index contributed by atoms with van der Waals surface area (Å²) in [5.74, 6) is 1.11. The fourth-order valence-electron chi connectivity index (χ4n) is 2.42. The molecule has 0 radical (unpaired) electrons. The lowest BCUT2D eigenvalue weighted by atomic mass is 10.1. The summed E-state index contributed by atoms with van der Waals surface area (Å²) in [6.07, 6.45) is 8.27. The lowest BCUT2D eigenvalue weighted by Crippen LogP contribution is -2.36. The number of carbonyl (C=O) groups excluding carboxylic acids is 1. The Kier molecular flexibility index (Phi) is 4.02. The van der Waals surface area contributed by atoms with E-state index in [0.717, 1.165) is 19.4 Å². The first-order valence-corrected chi connectivity index (χ1v) is 6.88. The van der Waals surface area contributed by atoms with Gasteiger partial charge in [-0.1, -0.05) is 32.6 Å². The molecule has 0 aromatic carbocycles. The molecule has 96 valence electrons. The van der Waals surface area contributed by atoms with Crippen LogP contribution in [0.1, 0.15) is 51.9 Å². The van der Waals surface area contributed by atoms with Crippen LogP contribution in [0.5, 0.6) is 0 Å². The first-order chi connectivity index (χ1) is 8.22. The third-order valence-electron chi connectivity index (χ3n) is 3.69. The number of unbranched alkanes of at least 4 members (excludes halogenated alkanes) is 3. The van der Waals surface area contributed by atoms with Crippen molar-refractivity contribution < 1.29 is 4.79 Å². The summed E-state index contributed by atoms with van der Waals surface area (Å²) in [6.45, 7) is 3.05. The number of rotatable bonds is 7. The third kappa shape index (κ3) is 3.20. The zero-order valence-corrected chi connectivity index (χ0v) is 10.7. The van der Waals surface area contributed by atoms with E-state index in [1.54, 1.807) is 0 Å². The van der Waals surface area contributed by atoms with Gasteiger partial charge in [0.05, 0.1) is 6.04 Å². The zero-order chi connectivity index (χ0) is 12.3. The van der Waals surface area contributed by atoms with Crippen molar-refractivity contribution in [3.63, 3.8) is 0 Å². The molecular weight excluding hydrogens is 214 g/mol. The molecule has 0 spiro atoms. The summed E-state index contributed by atoms with van der Waals surface area (Å²) in [4.78, 5) is 13.6. The number of carbonyl (C=O) groups is 1. The molecule has 1 aliphatic carbocycles. The normalized spacial score (nSPS) is 24.3. The summed E-state index contributed by atoms with van der Waals surface area (Å²) in [5.41, 5.74) is 0. The Balaban J connectivity index is 1.82. The van der Waals surface area contributed by atoms with Gasteiger partial charge in [-0.25, -0.2) is 4.79 Å². The van der Waals surface area contributed by atoms with Gasteiger partial charge in [-0.15, -0.1) is 0 Å². The molecule has 4 heteroatoms. The number of nitrogens with zero attached hydrogens (tertiary/aromatic N) is 1. The van der Waals surface area contributed by atoms with E-state index in [1.807, 2.05) is 4.90 Å². The Morgan fingerprint density at radius 2 is 2.12 bits per heavy atom. The first kappa shape index (κ1) is 12.4. The number of hydrogen-bond acceptors (Lipinski definition) is 2. The predicted octanol–water partition coefficient (Wildman–Crippen LogP) is 2.74. The summed E-state index contributed by atoms with van der Waals surface area (Å²) in [7, 11) is 0. The Hall–Kier alpha value is -1.06. The molecule has 0 aromatic rings. The van der Waals surface area contributed by atoms with E-state index in [1.165, 1.54) is 32.1 Å². The Morgan fingerprint density at radius 3 is 2.76 bits per heavy atom. The van der Waals surface area contributed by atoms with Gasteiger partial charge in [-0.2, -0.15) is 0 Å². The van der Waals surface area contributed by atoms with Crippen molar-refractivity contribution >= 4 is 11.9 Å². The van der Waals surface area contributed by atoms with Crippen LogP contribution in [0.3, 0.4) is 0 Å². The van der Waals surface area contributed by atoms with E-state index in [0.29, 0.717) is 11.8 Å². The van der Waals surface area contributed by atoms with Gasteiger partial charge >= 0.3 is 6.03 Å². The van der Waals surface area contributed by atoms with Crippen molar-refractivity contribution in [1.29, 1.82) is 5.41 Å². The quantitative estimate of drug-likeness (QED) is 0.657. The maximum absolute atomic E-state index is 11.7. The summed E-state index contributed by atoms with van der Waals surface area (Å²) < 4.78 is 0. The van der Waals surface area contributed by atoms with Crippen molar-refractivity contribution in [3.05, 3.63) is 0 Å². The van der Waals surface area contributed by atoms with E-state index in [-0.39, 0.29) is 12.1 Å². The van der Waals surface area contributed by atoms with Crippen molar-refractivity contribution in [1.82, 2.24) is 10.2 Å². The number of urea groups is 1. The monoisotopic (exact) mass is 237 g/mol. The van der Waals surface area contributed by atoms with Crippen LogP contribution in [0.2, 0.25) is 0 Å². The molecule has 2 aliphatic rings. The number of nitrogens with one attached hydrogen (secondary N) is 2. The first-order valence-electron chi connectivity index (χ1n) is 6.88. The Morgan fingerprint density at radius 1 is 1.35 bits per heavy atom. The molecule has 2 N–H and O–H groups in total. The van der Waals surface area contributed by atoms with Gasteiger partial charge in [0.2, 0.25) is 0 Å². The standard InChI is InChI=1S/C13H23N3O/c1-2-3-4-5-6-11-12(14)15-13(17)16(11)9-10-7-8-10/h10-11H,2-9H2,1H3,(H2,14,15,17). The Bertz CT molecular complexity index is 299. The largest absolute Gasteiger partial charge is 0.323 e. The van der Waals surface area contributed by atoms with E-state index < -0.39 is 0 Å². The minimum absolute atomic E-state index is 0.0277. The second kappa shape index (κ2) is 5.52. The second-order valence-electron chi connectivity index (χ2n) is 5.30. The van der Waals surface area contributed by atoms with Gasteiger partial charge in [0.1, 0.15) is 5.84 Å². The van der Waals surface area contributed by atoms with Gasteiger partial charge in [0, 0.05) is 6.54 Å². The van der Waals surface area contributed by atoms with E-state index >= 15 is 0 Å². The molecule has 2 fully saturated rings. The molecule has 2 amide bonds. The molecular formula is C13H23N3O. The van der Waals surface area contributed by atoms with E-state index in [4.69, 9.17) is 5.41 Å². The smallest absolute Gasteiger partial charge is 0.314 e. The number of hydrogen-bond donors (Lipinski definition) is 2. The number of amides is 2. The van der Waals surface area contributed by atoms with Gasteiger partial charge in [-0.3, -0.25) is 10.7 Å². The lowest BCUT2D eigenvalue weighted by Gasteiger charge is -2.22. The van der Waals surface area contributed by atoms with Crippen LogP contribution >= 0.6 is 0 Å². The van der Waals surface area contributed by atoms with Crippen molar-refractivity contribution in [2.45, 2.75) is 57.9 Å². The minimum Gasteiger partial charge on any atom is -0.314 e. The average Bonchev–Trinajstić information content (AvgIpc) is 3.06. The maximum Gasteiger partial charge on any atom is 0.323 e. The fourth-order valence-corrected chi connectivity index (χ4v) is 2.42. The average molecular weight is 237 g/mol. The highest BCUT2D eigenvalue weighted by Crippen LogP contribution is 2.31. The van der Waals surface area contributed by atoms with Crippen LogP contribution in [0, 0.1) is 11.3 Å². The molecule has 1 saturated carbocycles. The van der Waals surface area contributed by atoms with Crippen LogP contribution < -0.4 is 5.32 Å². The molecule has 17 heavy (non-hydrogen) atoms. The SMILES string of the molecule is CCCCCCC1C(=N)NC(=O)N1CC1CC1. The summed E-state index contributed by atoms with van der Waals surface area (Å²) in [5, 5.41) is 10.5. The third-order valence-corrected chi connectivity index (χ3v) is 3.69. The van der Waals surface area contributed by atoms with Crippen LogP contribution in [0.15, 0.2) is 0 Å². The molecule has 0 aromatic heterocycles. The molecule has 4 nitrogen and oxygen atoms in total. The van der Waals surface area contributed by atoms with E-state index in [9.17, 15) is 4.79 Å². The number of amidine groups is 1. The Labute approximate surface area is 103 Å². The highest BCUT2D eigenvalue weighted by Gasteiger charge is 2.38. The van der Waals surface area contributed by atoms with Gasteiger partial charge in [-0.05, 0) is 25.2 Å². The molecule has 1 aliphatic heterocycles. The van der Waals surface area contributed by atoms with E-state index in [2.05, 4.69) is 12.2 Å². The van der Waals surface area contributed by atoms with Crippen LogP contribution in [0.4, 0.5) is 4.79 Å². The fraction of sp³-hybridized carbons (Fsp3) is 0.846. The maximum atomic E-state index is 11.7. The molecule has 1 atom stereocenters. The van der Waals surface area contributed by atoms with Crippen LogP contribution in [0.25, 0.3) is 0 Å². The van der Waals surface area contributed by atoms with Crippen molar-refractivity contribution in [2.75, 3.05) is 6.54 Å². The second-order valence-corrected chi connectivity index (χ2v) is 5.30. The topological polar surface area (TPSA) is 56.2 Å². The highest BCUT2D eigenvalue weighted by atomic mass is 16.2. The molecule has 1 unspecified atom stereocenters. The van der Waals surface area contributed by atoms with Crippen molar-refractivity contribution in [3.8, 4) is 0 Å². The van der Waals surface area contributed by atoms with Gasteiger partial charge in [0.15, 0.2) is 0 Å². The predicted molar refractivity (Wildman–Crippen MR) is 68.2 cm³/mol. The van der Waals surface area contributed by atoms with Crippen molar-refractivity contribution in [2.24, 2.45) is 5.92 Å². The summed E-state index contributed by atoms with van der Waals surface area (Å²) >= 11 is 0. The zero-order valence-electron chi connectivity index (χ0n) is 10.7. The van der Waals surface area contributed by atoms with Gasteiger partial charge in [0.25, 0.3) is 0 Å². The highest BCUT2D eigenvalue weighted by molar-refractivity contribution is 6.05. The molecule has 1 saturated heterocycles. The van der Waals surface area contributed by atoms with Crippen LogP contribution in [-0.2, 0) is 0 Å². The van der Waals surface area contributed by atoms with Crippen LogP contribution in [-0.4, -0.2) is 29.4 Å². The van der Waals surface area contributed by atoms with Gasteiger partial charge < -0.3 is 4.90 Å². The molecule has 0 bridgehead atoms. The minimum atomic E-state index is -0.0533. The molecule has 2 rings (SSSR count). The molecule has 1 heterocycles. The lowest BCUT2D eigenvalue weighted by molar-refractivity contribution is 0.200. The summed E-state index contributed by atoms with van der Waals surface area (Å²) in [6, 6.07) is -0.0256.